The van der Waals surface area contributed by atoms with E-state index in [1.807, 2.05) is 0 Å². The van der Waals surface area contributed by atoms with E-state index in [9.17, 15) is 8.42 Å². The fourth-order valence-corrected chi connectivity index (χ4v) is 2.53. The van der Waals surface area contributed by atoms with E-state index in [1.54, 1.807) is 21.0 Å². The van der Waals surface area contributed by atoms with E-state index < -0.39 is 9.84 Å². The van der Waals surface area contributed by atoms with Crippen LogP contribution in [0, 0.1) is 5.92 Å². The average Bonchev–Trinajstić information content (AvgIpc) is 2.24. The molecule has 0 rings (SSSR count). The number of hydrogen-bond acceptors (Lipinski definition) is 4. The molecule has 104 valence electrons. The second-order valence-electron chi connectivity index (χ2n) is 4.86. The Morgan fingerprint density at radius 1 is 1.24 bits per heavy atom. The van der Waals surface area contributed by atoms with Crippen molar-refractivity contribution in [2.45, 2.75) is 38.9 Å². The van der Waals surface area contributed by atoms with Gasteiger partial charge in [0, 0.05) is 13.7 Å². The van der Waals surface area contributed by atoms with Crippen molar-refractivity contribution in [1.82, 2.24) is 5.32 Å². The van der Waals surface area contributed by atoms with Gasteiger partial charge in [0.25, 0.3) is 0 Å². The molecule has 5 heteroatoms. The van der Waals surface area contributed by atoms with Crippen LogP contribution in [0.5, 0.6) is 0 Å². The molecule has 0 aliphatic rings. The van der Waals surface area contributed by atoms with Crippen molar-refractivity contribution in [3.8, 4) is 0 Å². The van der Waals surface area contributed by atoms with Gasteiger partial charge in [0.2, 0.25) is 0 Å². The number of rotatable bonds is 10. The minimum atomic E-state index is -2.86. The summed E-state index contributed by atoms with van der Waals surface area (Å²) in [7, 11) is -1.18. The number of hydrogen-bond donors (Lipinski definition) is 1. The third kappa shape index (κ3) is 8.57. The molecule has 0 aromatic rings. The highest BCUT2D eigenvalue weighted by atomic mass is 32.2. The Bertz CT molecular complexity index is 275. The van der Waals surface area contributed by atoms with Gasteiger partial charge in [0.1, 0.15) is 0 Å². The van der Waals surface area contributed by atoms with Crippen LogP contribution >= 0.6 is 0 Å². The molecule has 0 amide bonds. The Labute approximate surface area is 106 Å². The molecule has 1 N–H and O–H groups in total. The fourth-order valence-electron chi connectivity index (χ4n) is 1.49. The van der Waals surface area contributed by atoms with Crippen molar-refractivity contribution >= 4 is 9.84 Å². The van der Waals surface area contributed by atoms with Crippen LogP contribution < -0.4 is 5.32 Å². The first-order chi connectivity index (χ1) is 7.90. The lowest BCUT2D eigenvalue weighted by atomic mass is 10.1. The molecular weight excluding hydrogens is 238 g/mol. The highest BCUT2D eigenvalue weighted by molar-refractivity contribution is 7.91. The number of ether oxygens (including phenoxy) is 1. The van der Waals surface area contributed by atoms with Gasteiger partial charge in [-0.1, -0.05) is 6.92 Å². The monoisotopic (exact) mass is 265 g/mol. The van der Waals surface area contributed by atoms with E-state index in [0.29, 0.717) is 18.3 Å². The van der Waals surface area contributed by atoms with Gasteiger partial charge in [0.15, 0.2) is 9.84 Å². The summed E-state index contributed by atoms with van der Waals surface area (Å²) in [6, 6.07) is 0. The molecule has 0 radical (unpaired) electrons. The van der Waals surface area contributed by atoms with Gasteiger partial charge < -0.3 is 10.1 Å². The maximum Gasteiger partial charge on any atom is 0.152 e. The molecule has 0 aliphatic carbocycles. The predicted molar refractivity (Wildman–Crippen MR) is 72.1 cm³/mol. The van der Waals surface area contributed by atoms with Crippen molar-refractivity contribution in [2.24, 2.45) is 5.92 Å². The quantitative estimate of drug-likeness (QED) is 0.608. The van der Waals surface area contributed by atoms with E-state index in [-0.39, 0.29) is 5.25 Å². The minimum absolute atomic E-state index is 0.252. The van der Waals surface area contributed by atoms with Crippen LogP contribution in [0.2, 0.25) is 0 Å². The summed E-state index contributed by atoms with van der Waals surface area (Å²) in [6.45, 7) is 8.11. The van der Waals surface area contributed by atoms with Crippen LogP contribution in [0.15, 0.2) is 0 Å². The number of nitrogens with one attached hydrogen (secondary N) is 1. The van der Waals surface area contributed by atoms with Crippen LogP contribution in [0.3, 0.4) is 0 Å². The second kappa shape index (κ2) is 8.89. The largest absolute Gasteiger partial charge is 0.383 e. The maximum atomic E-state index is 11.6. The summed E-state index contributed by atoms with van der Waals surface area (Å²) < 4.78 is 28.1. The van der Waals surface area contributed by atoms with Crippen molar-refractivity contribution in [3.63, 3.8) is 0 Å². The van der Waals surface area contributed by atoms with Gasteiger partial charge in [-0.25, -0.2) is 8.42 Å². The SMILES string of the molecule is COCCNCC(C)CCCS(=O)(=O)C(C)C. The highest BCUT2D eigenvalue weighted by Gasteiger charge is 2.15. The van der Waals surface area contributed by atoms with E-state index >= 15 is 0 Å². The van der Waals surface area contributed by atoms with E-state index in [2.05, 4.69) is 12.2 Å². The van der Waals surface area contributed by atoms with Gasteiger partial charge in [-0.3, -0.25) is 0 Å². The molecule has 1 atom stereocenters. The molecule has 0 saturated carbocycles. The second-order valence-corrected chi connectivity index (χ2v) is 7.54. The standard InChI is InChI=1S/C12H27NO3S/c1-11(2)17(14,15)9-5-6-12(3)10-13-7-8-16-4/h11-13H,5-10H2,1-4H3. The maximum absolute atomic E-state index is 11.6. The normalized spacial score (nSPS) is 14.2. The smallest absolute Gasteiger partial charge is 0.152 e. The van der Waals surface area contributed by atoms with Crippen molar-refractivity contribution in [1.29, 1.82) is 0 Å². The molecule has 17 heavy (non-hydrogen) atoms. The zero-order valence-corrected chi connectivity index (χ0v) is 12.3. The third-order valence-electron chi connectivity index (χ3n) is 2.82. The predicted octanol–water partition coefficient (Wildman–Crippen LogP) is 1.46. The number of sulfone groups is 1. The van der Waals surface area contributed by atoms with Gasteiger partial charge in [-0.05, 0) is 39.2 Å². The van der Waals surface area contributed by atoms with Crippen molar-refractivity contribution in [3.05, 3.63) is 0 Å². The zero-order valence-electron chi connectivity index (χ0n) is 11.5. The van der Waals surface area contributed by atoms with Crippen LogP contribution in [0.1, 0.15) is 33.6 Å². The Balaban J connectivity index is 3.61. The number of methoxy groups -OCH3 is 1. The van der Waals surface area contributed by atoms with E-state index in [4.69, 9.17) is 4.74 Å². The molecule has 0 spiro atoms. The first kappa shape index (κ1) is 16.9. The topological polar surface area (TPSA) is 55.4 Å². The van der Waals surface area contributed by atoms with Crippen molar-refractivity contribution < 1.29 is 13.2 Å². The van der Waals surface area contributed by atoms with Gasteiger partial charge in [-0.2, -0.15) is 0 Å². The van der Waals surface area contributed by atoms with Crippen LogP contribution in [-0.4, -0.2) is 46.2 Å². The molecule has 0 heterocycles. The molecule has 4 nitrogen and oxygen atoms in total. The average molecular weight is 265 g/mol. The highest BCUT2D eigenvalue weighted by Crippen LogP contribution is 2.09. The summed E-state index contributed by atoms with van der Waals surface area (Å²) >= 11 is 0. The van der Waals surface area contributed by atoms with Gasteiger partial charge in [0.05, 0.1) is 17.6 Å². The zero-order chi connectivity index (χ0) is 13.3. The summed E-state index contributed by atoms with van der Waals surface area (Å²) in [6.07, 6.45) is 1.71. The van der Waals surface area contributed by atoms with Gasteiger partial charge >= 0.3 is 0 Å². The first-order valence-corrected chi connectivity index (χ1v) is 8.03. The molecule has 0 aromatic heterocycles. The molecule has 0 aliphatic heterocycles. The molecule has 0 saturated heterocycles. The van der Waals surface area contributed by atoms with E-state index in [0.717, 1.165) is 25.9 Å². The van der Waals surface area contributed by atoms with E-state index in [1.165, 1.54) is 0 Å². The first-order valence-electron chi connectivity index (χ1n) is 6.31. The Kier molecular flexibility index (Phi) is 8.82. The Morgan fingerprint density at radius 3 is 2.41 bits per heavy atom. The third-order valence-corrected chi connectivity index (χ3v) is 5.11. The van der Waals surface area contributed by atoms with Crippen LogP contribution in [-0.2, 0) is 14.6 Å². The van der Waals surface area contributed by atoms with Crippen LogP contribution in [0.4, 0.5) is 0 Å². The summed E-state index contributed by atoms with van der Waals surface area (Å²) in [5.41, 5.74) is 0. The molecule has 1 unspecified atom stereocenters. The lowest BCUT2D eigenvalue weighted by molar-refractivity contribution is 0.198. The lowest BCUT2D eigenvalue weighted by Crippen LogP contribution is -2.25. The summed E-state index contributed by atoms with van der Waals surface area (Å²) in [5.74, 6) is 0.821. The van der Waals surface area contributed by atoms with Gasteiger partial charge in [-0.15, -0.1) is 0 Å². The fraction of sp³-hybridized carbons (Fsp3) is 1.00. The summed E-state index contributed by atoms with van der Waals surface area (Å²) in [4.78, 5) is 0. The molecule has 0 fully saturated rings. The lowest BCUT2D eigenvalue weighted by Gasteiger charge is -2.13. The molecule has 0 aromatic carbocycles. The van der Waals surface area contributed by atoms with Crippen LogP contribution in [0.25, 0.3) is 0 Å². The Hall–Kier alpha value is -0.130. The molecular formula is C12H27NO3S. The minimum Gasteiger partial charge on any atom is -0.383 e. The summed E-state index contributed by atoms with van der Waals surface area (Å²) in [5, 5.41) is 3.03. The Morgan fingerprint density at radius 2 is 1.88 bits per heavy atom. The molecule has 0 bridgehead atoms. The van der Waals surface area contributed by atoms with Crippen molar-refractivity contribution in [2.75, 3.05) is 32.6 Å².